The number of ether oxygens (including phenoxy) is 3. The van der Waals surface area contributed by atoms with Crippen LogP contribution in [0.15, 0.2) is 42.1 Å². The van der Waals surface area contributed by atoms with Gasteiger partial charge in [0.2, 0.25) is 6.10 Å². The van der Waals surface area contributed by atoms with Gasteiger partial charge < -0.3 is 14.2 Å². The van der Waals surface area contributed by atoms with E-state index in [9.17, 15) is 10.1 Å². The van der Waals surface area contributed by atoms with Crippen molar-refractivity contribution in [2.45, 2.75) is 20.0 Å². The first-order valence-corrected chi connectivity index (χ1v) is 7.97. The average Bonchev–Trinajstić information content (AvgIpc) is 2.61. The van der Waals surface area contributed by atoms with Gasteiger partial charge in [-0.15, -0.1) is 0 Å². The summed E-state index contributed by atoms with van der Waals surface area (Å²) in [6.07, 6.45) is 0.758. The molecule has 1 aliphatic heterocycles. The van der Waals surface area contributed by atoms with E-state index < -0.39 is 11.0 Å². The maximum Gasteiger partial charge on any atom is 0.291 e. The highest BCUT2D eigenvalue weighted by molar-refractivity contribution is 5.63. The van der Waals surface area contributed by atoms with E-state index in [1.807, 2.05) is 32.0 Å². The number of methoxy groups -OCH3 is 1. The third kappa shape index (κ3) is 3.28. The number of aryl methyl sites for hydroxylation is 1. The molecule has 25 heavy (non-hydrogen) atoms. The Kier molecular flexibility index (Phi) is 4.61. The van der Waals surface area contributed by atoms with Crippen LogP contribution in [0.5, 0.6) is 17.2 Å². The van der Waals surface area contributed by atoms with Crippen LogP contribution in [0.1, 0.15) is 29.7 Å². The van der Waals surface area contributed by atoms with Crippen molar-refractivity contribution in [1.82, 2.24) is 0 Å². The molecule has 0 fully saturated rings. The summed E-state index contributed by atoms with van der Waals surface area (Å²) in [7, 11) is 1.53. The van der Waals surface area contributed by atoms with Gasteiger partial charge in [-0.2, -0.15) is 0 Å². The molecular formula is C19H19NO5. The lowest BCUT2D eigenvalue weighted by molar-refractivity contribution is -0.434. The van der Waals surface area contributed by atoms with Gasteiger partial charge in [0.1, 0.15) is 5.75 Å². The standard InChI is InChI=1S/C19H19NO5/c1-4-24-17-8-6-13(11-18(17)23-3)19-15(20(21)22)10-14-9-12(2)5-7-16(14)25-19/h5-11,19H,4H2,1-3H3/t19-/m0/s1. The van der Waals surface area contributed by atoms with Crippen LogP contribution in [0.25, 0.3) is 6.08 Å². The summed E-state index contributed by atoms with van der Waals surface area (Å²) in [6, 6.07) is 10.8. The second-order valence-corrected chi connectivity index (χ2v) is 5.71. The van der Waals surface area contributed by atoms with Crippen LogP contribution >= 0.6 is 0 Å². The Labute approximate surface area is 145 Å². The number of nitro groups is 1. The molecule has 0 spiro atoms. The fraction of sp³-hybridized carbons (Fsp3) is 0.263. The predicted octanol–water partition coefficient (Wildman–Crippen LogP) is 4.15. The Hall–Kier alpha value is -3.02. The number of fused-ring (bicyclic) bond motifs is 1. The molecule has 0 aliphatic carbocycles. The van der Waals surface area contributed by atoms with Crippen molar-refractivity contribution in [3.8, 4) is 17.2 Å². The zero-order valence-electron chi connectivity index (χ0n) is 14.3. The van der Waals surface area contributed by atoms with Crippen LogP contribution in [0.2, 0.25) is 0 Å². The maximum atomic E-state index is 11.6. The van der Waals surface area contributed by atoms with Crippen molar-refractivity contribution >= 4 is 6.08 Å². The van der Waals surface area contributed by atoms with Crippen molar-refractivity contribution < 1.29 is 19.1 Å². The number of nitrogens with zero attached hydrogens (tertiary/aromatic N) is 1. The molecule has 0 aromatic heterocycles. The van der Waals surface area contributed by atoms with Crippen LogP contribution in [0.4, 0.5) is 0 Å². The number of hydrogen-bond donors (Lipinski definition) is 0. The molecule has 1 aliphatic rings. The number of rotatable bonds is 5. The fourth-order valence-electron chi connectivity index (χ4n) is 2.82. The zero-order chi connectivity index (χ0) is 18.0. The summed E-state index contributed by atoms with van der Waals surface area (Å²) >= 11 is 0. The molecular weight excluding hydrogens is 322 g/mol. The van der Waals surface area contributed by atoms with Gasteiger partial charge in [-0.25, -0.2) is 0 Å². The van der Waals surface area contributed by atoms with E-state index >= 15 is 0 Å². The molecule has 0 saturated carbocycles. The van der Waals surface area contributed by atoms with Crippen molar-refractivity contribution in [2.24, 2.45) is 0 Å². The molecule has 2 aromatic rings. The summed E-state index contributed by atoms with van der Waals surface area (Å²) in [5, 5.41) is 11.6. The third-order valence-electron chi connectivity index (χ3n) is 3.98. The van der Waals surface area contributed by atoms with E-state index in [0.717, 1.165) is 5.56 Å². The minimum Gasteiger partial charge on any atom is -0.493 e. The summed E-state index contributed by atoms with van der Waals surface area (Å²) in [5.74, 6) is 1.72. The Balaban J connectivity index is 2.04. The van der Waals surface area contributed by atoms with Crippen LogP contribution in [0, 0.1) is 17.0 Å². The lowest BCUT2D eigenvalue weighted by Gasteiger charge is -2.23. The number of benzene rings is 2. The minimum atomic E-state index is -0.810. The van der Waals surface area contributed by atoms with Crippen molar-refractivity contribution in [1.29, 1.82) is 0 Å². The Morgan fingerprint density at radius 2 is 2.00 bits per heavy atom. The second-order valence-electron chi connectivity index (χ2n) is 5.71. The number of hydrogen-bond acceptors (Lipinski definition) is 5. The molecule has 1 atom stereocenters. The third-order valence-corrected chi connectivity index (χ3v) is 3.98. The molecule has 1 heterocycles. The first-order chi connectivity index (χ1) is 12.0. The second kappa shape index (κ2) is 6.84. The monoisotopic (exact) mass is 341 g/mol. The molecule has 0 saturated heterocycles. The van der Waals surface area contributed by atoms with E-state index in [1.54, 1.807) is 24.3 Å². The topological polar surface area (TPSA) is 70.8 Å². The van der Waals surface area contributed by atoms with Gasteiger partial charge in [0, 0.05) is 17.2 Å². The van der Waals surface area contributed by atoms with Gasteiger partial charge in [0.15, 0.2) is 11.5 Å². The van der Waals surface area contributed by atoms with Crippen LogP contribution in [0.3, 0.4) is 0 Å². The van der Waals surface area contributed by atoms with E-state index in [1.165, 1.54) is 7.11 Å². The first-order valence-electron chi connectivity index (χ1n) is 7.97. The van der Waals surface area contributed by atoms with Crippen molar-refractivity contribution in [3.63, 3.8) is 0 Å². The molecule has 6 heteroatoms. The summed E-state index contributed by atoms with van der Waals surface area (Å²) in [5.41, 5.74) is 2.35. The fourth-order valence-corrected chi connectivity index (χ4v) is 2.82. The predicted molar refractivity (Wildman–Crippen MR) is 93.7 cm³/mol. The molecule has 0 bridgehead atoms. The highest BCUT2D eigenvalue weighted by atomic mass is 16.6. The van der Waals surface area contributed by atoms with Gasteiger partial charge in [0.25, 0.3) is 5.70 Å². The summed E-state index contributed by atoms with van der Waals surface area (Å²) in [4.78, 5) is 11.2. The molecule has 3 rings (SSSR count). The van der Waals surface area contributed by atoms with Crippen LogP contribution in [-0.4, -0.2) is 18.6 Å². The van der Waals surface area contributed by atoms with Gasteiger partial charge >= 0.3 is 0 Å². The van der Waals surface area contributed by atoms with Gasteiger partial charge in [-0.3, -0.25) is 10.1 Å². The molecule has 0 amide bonds. The smallest absolute Gasteiger partial charge is 0.291 e. The molecule has 6 nitrogen and oxygen atoms in total. The van der Waals surface area contributed by atoms with Crippen LogP contribution < -0.4 is 14.2 Å². The SMILES string of the molecule is CCOc1ccc([C@@H]2Oc3ccc(C)cc3C=C2[N+](=O)[O-])cc1OC. The Morgan fingerprint density at radius 3 is 2.68 bits per heavy atom. The summed E-state index contributed by atoms with van der Waals surface area (Å²) in [6.45, 7) is 4.32. The first kappa shape index (κ1) is 16.8. The van der Waals surface area contributed by atoms with E-state index in [-0.39, 0.29) is 5.70 Å². The lowest BCUT2D eigenvalue weighted by Crippen LogP contribution is -2.20. The van der Waals surface area contributed by atoms with Crippen LogP contribution in [-0.2, 0) is 0 Å². The minimum absolute atomic E-state index is 0.00990. The normalized spacial score (nSPS) is 15.6. The summed E-state index contributed by atoms with van der Waals surface area (Å²) < 4.78 is 16.8. The van der Waals surface area contributed by atoms with E-state index in [0.29, 0.717) is 35.0 Å². The van der Waals surface area contributed by atoms with Crippen molar-refractivity contribution in [2.75, 3.05) is 13.7 Å². The quantitative estimate of drug-likeness (QED) is 0.603. The largest absolute Gasteiger partial charge is 0.493 e. The van der Waals surface area contributed by atoms with Gasteiger partial charge in [-0.1, -0.05) is 17.7 Å². The van der Waals surface area contributed by atoms with E-state index in [4.69, 9.17) is 14.2 Å². The lowest BCUT2D eigenvalue weighted by atomic mass is 9.99. The molecule has 130 valence electrons. The molecule has 0 unspecified atom stereocenters. The van der Waals surface area contributed by atoms with Crippen molar-refractivity contribution in [3.05, 3.63) is 68.9 Å². The van der Waals surface area contributed by atoms with Gasteiger partial charge in [0.05, 0.1) is 18.6 Å². The molecule has 2 aromatic carbocycles. The Morgan fingerprint density at radius 1 is 1.20 bits per heavy atom. The zero-order valence-corrected chi connectivity index (χ0v) is 14.3. The highest BCUT2D eigenvalue weighted by Crippen LogP contribution is 2.40. The maximum absolute atomic E-state index is 11.6. The van der Waals surface area contributed by atoms with Gasteiger partial charge in [-0.05, 0) is 38.1 Å². The molecule has 0 N–H and O–H groups in total. The molecule has 0 radical (unpaired) electrons. The van der Waals surface area contributed by atoms with E-state index in [2.05, 4.69) is 0 Å². The average molecular weight is 341 g/mol. The Bertz CT molecular complexity index is 844. The highest BCUT2D eigenvalue weighted by Gasteiger charge is 2.33.